The average molecular weight is 302 g/mol. The van der Waals surface area contributed by atoms with Gasteiger partial charge in [-0.15, -0.1) is 24.5 Å². The topological polar surface area (TPSA) is 47.3 Å². The number of hydrogen-bond donors (Lipinski definition) is 2. The summed E-state index contributed by atoms with van der Waals surface area (Å²) in [5, 5.41) is 1.94. The van der Waals surface area contributed by atoms with E-state index in [0.29, 0.717) is 6.42 Å². The largest absolute Gasteiger partial charge is 0.573 e. The first-order valence-corrected chi connectivity index (χ1v) is 6.70. The molecule has 3 N–H and O–H groups in total. The van der Waals surface area contributed by atoms with Crippen LogP contribution < -0.4 is 16.0 Å². The van der Waals surface area contributed by atoms with Crippen LogP contribution in [-0.2, 0) is 6.42 Å². The summed E-state index contributed by atoms with van der Waals surface area (Å²) >= 11 is 1.57. The third-order valence-corrected chi connectivity index (χ3v) is 3.67. The monoisotopic (exact) mass is 302 g/mol. The quantitative estimate of drug-likeness (QED) is 0.657. The molecule has 0 bridgehead atoms. The van der Waals surface area contributed by atoms with E-state index in [1.54, 1.807) is 23.5 Å². The highest BCUT2D eigenvalue weighted by Crippen LogP contribution is 2.25. The van der Waals surface area contributed by atoms with Crippen molar-refractivity contribution in [1.82, 2.24) is 5.43 Å². The molecule has 1 unspecified atom stereocenters. The molecule has 7 heteroatoms. The number of alkyl halides is 3. The van der Waals surface area contributed by atoms with Gasteiger partial charge in [-0.2, -0.15) is 0 Å². The smallest absolute Gasteiger partial charge is 0.406 e. The maximum atomic E-state index is 12.0. The highest BCUT2D eigenvalue weighted by atomic mass is 32.1. The molecular formula is C13H13F3N2OS. The first kappa shape index (κ1) is 14.8. The Hall–Kier alpha value is -1.57. The van der Waals surface area contributed by atoms with Crippen LogP contribution >= 0.6 is 11.3 Å². The standard InChI is InChI=1S/C13H13F3N2OS/c14-13(15,16)19-10-5-3-9(4-6-10)8-11(18-17)12-2-1-7-20-12/h1-7,11,18H,8,17H2. The molecule has 0 aliphatic carbocycles. The molecule has 0 aliphatic heterocycles. The van der Waals surface area contributed by atoms with Gasteiger partial charge >= 0.3 is 6.36 Å². The molecule has 2 aromatic rings. The molecular weight excluding hydrogens is 289 g/mol. The zero-order valence-electron chi connectivity index (χ0n) is 10.4. The number of nitrogens with two attached hydrogens (primary N) is 1. The minimum atomic E-state index is -4.67. The van der Waals surface area contributed by atoms with Gasteiger partial charge in [-0.1, -0.05) is 18.2 Å². The summed E-state index contributed by atoms with van der Waals surface area (Å²) in [4.78, 5) is 1.07. The molecule has 0 amide bonds. The molecule has 0 fully saturated rings. The van der Waals surface area contributed by atoms with Gasteiger partial charge in [0.05, 0.1) is 6.04 Å². The maximum Gasteiger partial charge on any atom is 0.573 e. The van der Waals surface area contributed by atoms with Gasteiger partial charge in [0, 0.05) is 4.88 Å². The number of thiophene rings is 1. The molecule has 0 spiro atoms. The zero-order valence-corrected chi connectivity index (χ0v) is 11.2. The molecule has 1 atom stereocenters. The van der Waals surface area contributed by atoms with E-state index in [4.69, 9.17) is 5.84 Å². The number of benzene rings is 1. The zero-order chi connectivity index (χ0) is 14.6. The Bertz CT molecular complexity index is 526. The Labute approximate surface area is 118 Å². The number of rotatable bonds is 5. The second kappa shape index (κ2) is 6.25. The Balaban J connectivity index is 2.03. The first-order chi connectivity index (χ1) is 9.48. The van der Waals surface area contributed by atoms with E-state index in [1.165, 1.54) is 12.1 Å². The third-order valence-electron chi connectivity index (χ3n) is 2.68. The van der Waals surface area contributed by atoms with Gasteiger partial charge in [-0.25, -0.2) is 0 Å². The van der Waals surface area contributed by atoms with Crippen LogP contribution in [0.1, 0.15) is 16.5 Å². The van der Waals surface area contributed by atoms with E-state index in [2.05, 4.69) is 10.2 Å². The predicted octanol–water partition coefficient (Wildman–Crippen LogP) is 3.39. The SMILES string of the molecule is NNC(Cc1ccc(OC(F)(F)F)cc1)c1cccs1. The van der Waals surface area contributed by atoms with Gasteiger partial charge in [0.2, 0.25) is 0 Å². The van der Waals surface area contributed by atoms with Crippen molar-refractivity contribution in [2.45, 2.75) is 18.8 Å². The summed E-state index contributed by atoms with van der Waals surface area (Å²) in [6.07, 6.45) is -4.08. The number of nitrogens with one attached hydrogen (secondary N) is 1. The summed E-state index contributed by atoms with van der Waals surface area (Å²) in [7, 11) is 0. The third kappa shape index (κ3) is 4.22. The molecule has 0 saturated carbocycles. The van der Waals surface area contributed by atoms with Crippen molar-refractivity contribution in [2.24, 2.45) is 5.84 Å². The van der Waals surface area contributed by atoms with Crippen molar-refractivity contribution in [2.75, 3.05) is 0 Å². The van der Waals surface area contributed by atoms with Crippen LogP contribution in [0.4, 0.5) is 13.2 Å². The summed E-state index contributed by atoms with van der Waals surface area (Å²) in [5.74, 6) is 5.28. The maximum absolute atomic E-state index is 12.0. The molecule has 1 heterocycles. The molecule has 2 rings (SSSR count). The van der Waals surface area contributed by atoms with Crippen LogP contribution in [0.25, 0.3) is 0 Å². The van der Waals surface area contributed by atoms with Gasteiger partial charge in [-0.05, 0) is 35.6 Å². The molecule has 108 valence electrons. The van der Waals surface area contributed by atoms with Crippen molar-refractivity contribution >= 4 is 11.3 Å². The van der Waals surface area contributed by atoms with Crippen LogP contribution in [0.15, 0.2) is 41.8 Å². The van der Waals surface area contributed by atoms with Crippen LogP contribution in [0.2, 0.25) is 0 Å². The molecule has 0 radical (unpaired) electrons. The van der Waals surface area contributed by atoms with E-state index in [0.717, 1.165) is 10.4 Å². The van der Waals surface area contributed by atoms with Gasteiger partial charge in [0.25, 0.3) is 0 Å². The summed E-state index contributed by atoms with van der Waals surface area (Å²) in [5.41, 5.74) is 3.58. The van der Waals surface area contributed by atoms with Crippen LogP contribution in [0.5, 0.6) is 5.75 Å². The average Bonchev–Trinajstić information content (AvgIpc) is 2.90. The number of hydrazine groups is 1. The van der Waals surface area contributed by atoms with E-state index < -0.39 is 6.36 Å². The van der Waals surface area contributed by atoms with E-state index in [9.17, 15) is 13.2 Å². The van der Waals surface area contributed by atoms with Gasteiger partial charge in [0.1, 0.15) is 5.75 Å². The predicted molar refractivity (Wildman–Crippen MR) is 71.2 cm³/mol. The van der Waals surface area contributed by atoms with Crippen LogP contribution in [-0.4, -0.2) is 6.36 Å². The molecule has 0 saturated heterocycles. The van der Waals surface area contributed by atoms with E-state index in [1.807, 2.05) is 17.5 Å². The first-order valence-electron chi connectivity index (χ1n) is 5.82. The lowest BCUT2D eigenvalue weighted by Crippen LogP contribution is -2.28. The minimum Gasteiger partial charge on any atom is -0.406 e. The highest BCUT2D eigenvalue weighted by Gasteiger charge is 2.30. The summed E-state index contributed by atoms with van der Waals surface area (Å²) in [6, 6.07) is 9.60. The van der Waals surface area contributed by atoms with Gasteiger partial charge in [-0.3, -0.25) is 11.3 Å². The fourth-order valence-electron chi connectivity index (χ4n) is 1.79. The Morgan fingerprint density at radius 3 is 2.40 bits per heavy atom. The van der Waals surface area contributed by atoms with E-state index in [-0.39, 0.29) is 11.8 Å². The molecule has 0 aliphatic rings. The fourth-order valence-corrected chi connectivity index (χ4v) is 2.58. The van der Waals surface area contributed by atoms with Crippen molar-refractivity contribution in [1.29, 1.82) is 0 Å². The minimum absolute atomic E-state index is 0.0654. The Morgan fingerprint density at radius 1 is 1.20 bits per heavy atom. The highest BCUT2D eigenvalue weighted by molar-refractivity contribution is 7.10. The van der Waals surface area contributed by atoms with Crippen LogP contribution in [0.3, 0.4) is 0 Å². The van der Waals surface area contributed by atoms with Crippen molar-refractivity contribution in [3.63, 3.8) is 0 Å². The number of hydrogen-bond acceptors (Lipinski definition) is 4. The molecule has 20 heavy (non-hydrogen) atoms. The second-order valence-electron chi connectivity index (χ2n) is 4.13. The van der Waals surface area contributed by atoms with Crippen molar-refractivity contribution < 1.29 is 17.9 Å². The lowest BCUT2D eigenvalue weighted by Gasteiger charge is -2.15. The molecule has 3 nitrogen and oxygen atoms in total. The second-order valence-corrected chi connectivity index (χ2v) is 5.11. The lowest BCUT2D eigenvalue weighted by atomic mass is 10.1. The van der Waals surface area contributed by atoms with Gasteiger partial charge < -0.3 is 4.74 Å². The van der Waals surface area contributed by atoms with Crippen molar-refractivity contribution in [3.8, 4) is 5.75 Å². The summed E-state index contributed by atoms with van der Waals surface area (Å²) < 4.78 is 40.0. The van der Waals surface area contributed by atoms with E-state index >= 15 is 0 Å². The van der Waals surface area contributed by atoms with Crippen LogP contribution in [0, 0.1) is 0 Å². The number of halogens is 3. The Kier molecular flexibility index (Phi) is 4.64. The normalized spacial score (nSPS) is 13.2. The number of ether oxygens (including phenoxy) is 1. The molecule has 1 aromatic carbocycles. The fraction of sp³-hybridized carbons (Fsp3) is 0.231. The van der Waals surface area contributed by atoms with Gasteiger partial charge in [0.15, 0.2) is 0 Å². The Morgan fingerprint density at radius 2 is 1.90 bits per heavy atom. The lowest BCUT2D eigenvalue weighted by molar-refractivity contribution is -0.274. The van der Waals surface area contributed by atoms with Crippen molar-refractivity contribution in [3.05, 3.63) is 52.2 Å². The summed E-state index contributed by atoms with van der Waals surface area (Å²) in [6.45, 7) is 0. The molecule has 1 aromatic heterocycles.